The Morgan fingerprint density at radius 2 is 1.55 bits per heavy atom. The van der Waals surface area contributed by atoms with Crippen molar-refractivity contribution in [2.24, 2.45) is 0 Å². The van der Waals surface area contributed by atoms with E-state index in [0.29, 0.717) is 12.2 Å². The van der Waals surface area contributed by atoms with E-state index in [0.717, 1.165) is 18.4 Å². The summed E-state index contributed by atoms with van der Waals surface area (Å²) in [7, 11) is -3.49. The van der Waals surface area contributed by atoms with Gasteiger partial charge in [0.05, 0.1) is 11.1 Å². The molecule has 0 atom stereocenters. The number of sulfonamides is 1. The molecule has 0 bridgehead atoms. The zero-order chi connectivity index (χ0) is 15.8. The van der Waals surface area contributed by atoms with E-state index in [1.165, 1.54) is 9.71 Å². The Hall–Kier alpha value is -2.07. The van der Waals surface area contributed by atoms with Gasteiger partial charge in [0.2, 0.25) is 0 Å². The highest BCUT2D eigenvalue weighted by atomic mass is 32.2. The maximum Gasteiger partial charge on any atom is 0.257 e. The third-order valence-electron chi connectivity index (χ3n) is 3.30. The van der Waals surface area contributed by atoms with Crippen LogP contribution in [-0.4, -0.2) is 15.0 Å². The topological polar surface area (TPSA) is 37.4 Å². The van der Waals surface area contributed by atoms with E-state index in [1.807, 2.05) is 60.7 Å². The van der Waals surface area contributed by atoms with Crippen LogP contribution >= 0.6 is 0 Å². The Balaban J connectivity index is 2.27. The van der Waals surface area contributed by atoms with Crippen molar-refractivity contribution in [3.05, 3.63) is 71.6 Å². The monoisotopic (exact) mass is 315 g/mol. The van der Waals surface area contributed by atoms with E-state index in [1.54, 1.807) is 6.08 Å². The number of anilines is 1. The molecule has 0 saturated heterocycles. The highest BCUT2D eigenvalue weighted by Gasteiger charge is 2.18. The molecule has 0 saturated carbocycles. The molecule has 0 amide bonds. The van der Waals surface area contributed by atoms with E-state index >= 15 is 0 Å². The van der Waals surface area contributed by atoms with Gasteiger partial charge in [0.1, 0.15) is 0 Å². The molecule has 0 aliphatic rings. The lowest BCUT2D eigenvalue weighted by atomic mass is 10.2. The summed E-state index contributed by atoms with van der Waals surface area (Å²) >= 11 is 0. The molecule has 0 N–H and O–H groups in total. The van der Waals surface area contributed by atoms with Crippen molar-refractivity contribution in [3.8, 4) is 0 Å². The molecular formula is C18H21NO2S. The molecular weight excluding hydrogens is 294 g/mol. The van der Waals surface area contributed by atoms with E-state index in [2.05, 4.69) is 6.92 Å². The van der Waals surface area contributed by atoms with Crippen molar-refractivity contribution in [1.29, 1.82) is 0 Å². The molecule has 0 aliphatic carbocycles. The minimum atomic E-state index is -3.49. The number of benzene rings is 2. The zero-order valence-electron chi connectivity index (χ0n) is 12.7. The third-order valence-corrected chi connectivity index (χ3v) is 4.79. The van der Waals surface area contributed by atoms with Gasteiger partial charge < -0.3 is 0 Å². The molecule has 2 aromatic carbocycles. The molecule has 2 rings (SSSR count). The molecule has 0 aromatic heterocycles. The van der Waals surface area contributed by atoms with Crippen LogP contribution in [0.15, 0.2) is 66.1 Å². The predicted molar refractivity (Wildman–Crippen MR) is 93.1 cm³/mol. The van der Waals surface area contributed by atoms with E-state index in [4.69, 9.17) is 0 Å². The summed E-state index contributed by atoms with van der Waals surface area (Å²) < 4.78 is 26.8. The molecule has 2 aromatic rings. The van der Waals surface area contributed by atoms with Gasteiger partial charge in [-0.25, -0.2) is 8.42 Å². The summed E-state index contributed by atoms with van der Waals surface area (Å²) in [4.78, 5) is 0. The molecule has 0 fully saturated rings. The van der Waals surface area contributed by atoms with E-state index in [-0.39, 0.29) is 0 Å². The predicted octanol–water partition coefficient (Wildman–Crippen LogP) is 4.29. The summed E-state index contributed by atoms with van der Waals surface area (Å²) in [6, 6.07) is 18.7. The quantitative estimate of drug-likeness (QED) is 0.764. The van der Waals surface area contributed by atoms with Crippen LogP contribution in [0.5, 0.6) is 0 Å². The van der Waals surface area contributed by atoms with Gasteiger partial charge in [-0.1, -0.05) is 61.9 Å². The summed E-state index contributed by atoms with van der Waals surface area (Å²) in [6.07, 6.45) is 3.41. The van der Waals surface area contributed by atoms with Crippen molar-refractivity contribution in [2.45, 2.75) is 19.8 Å². The lowest BCUT2D eigenvalue weighted by Gasteiger charge is -2.22. The molecule has 116 valence electrons. The smallest absolute Gasteiger partial charge is 0.257 e. The van der Waals surface area contributed by atoms with Gasteiger partial charge in [-0.15, -0.1) is 0 Å². The van der Waals surface area contributed by atoms with Gasteiger partial charge in [-0.3, -0.25) is 4.31 Å². The number of hydrogen-bond acceptors (Lipinski definition) is 2. The summed E-state index contributed by atoms with van der Waals surface area (Å²) in [5.74, 6) is 0. The first-order chi connectivity index (χ1) is 10.6. The minimum Gasteiger partial charge on any atom is -0.267 e. The maximum absolute atomic E-state index is 12.6. The highest BCUT2D eigenvalue weighted by molar-refractivity contribution is 7.95. The lowest BCUT2D eigenvalue weighted by molar-refractivity contribution is 0.597. The molecule has 0 unspecified atom stereocenters. The second kappa shape index (κ2) is 7.80. The molecule has 4 heteroatoms. The Kier molecular flexibility index (Phi) is 5.78. The number of nitrogens with zero attached hydrogens (tertiary/aromatic N) is 1. The summed E-state index contributed by atoms with van der Waals surface area (Å²) in [5, 5.41) is 1.28. The number of rotatable bonds is 7. The zero-order valence-corrected chi connectivity index (χ0v) is 13.5. The normalized spacial score (nSPS) is 11.7. The average Bonchev–Trinajstić information content (AvgIpc) is 2.55. The van der Waals surface area contributed by atoms with Crippen molar-refractivity contribution < 1.29 is 8.42 Å². The fourth-order valence-corrected chi connectivity index (χ4v) is 3.38. The number of unbranched alkanes of at least 4 members (excludes halogenated alkanes) is 1. The average molecular weight is 315 g/mol. The SMILES string of the molecule is CCCCN(c1ccccc1)S(=O)(=O)/C=C/c1ccccc1. The minimum absolute atomic E-state index is 0.488. The van der Waals surface area contributed by atoms with Gasteiger partial charge >= 0.3 is 0 Å². The Morgan fingerprint density at radius 1 is 0.955 bits per heavy atom. The Labute approximate surface area is 133 Å². The maximum atomic E-state index is 12.6. The third kappa shape index (κ3) is 4.46. The van der Waals surface area contributed by atoms with Crippen molar-refractivity contribution >= 4 is 21.8 Å². The molecule has 0 aliphatic heterocycles. The first-order valence-electron chi connectivity index (χ1n) is 7.44. The van der Waals surface area contributed by atoms with Crippen LogP contribution in [-0.2, 0) is 10.0 Å². The molecule has 0 radical (unpaired) electrons. The number of hydrogen-bond donors (Lipinski definition) is 0. The second-order valence-corrected chi connectivity index (χ2v) is 6.76. The van der Waals surface area contributed by atoms with Crippen LogP contribution in [0.3, 0.4) is 0 Å². The second-order valence-electron chi connectivity index (χ2n) is 5.02. The fraction of sp³-hybridized carbons (Fsp3) is 0.222. The summed E-state index contributed by atoms with van der Waals surface area (Å²) in [6.45, 7) is 2.54. The largest absolute Gasteiger partial charge is 0.267 e. The van der Waals surface area contributed by atoms with Crippen LogP contribution in [0.25, 0.3) is 6.08 Å². The van der Waals surface area contributed by atoms with Crippen LogP contribution in [0.2, 0.25) is 0 Å². The highest BCUT2D eigenvalue weighted by Crippen LogP contribution is 2.20. The van der Waals surface area contributed by atoms with Gasteiger partial charge in [-0.05, 0) is 30.2 Å². The van der Waals surface area contributed by atoms with Gasteiger partial charge in [0, 0.05) is 6.54 Å². The molecule has 0 spiro atoms. The van der Waals surface area contributed by atoms with Crippen molar-refractivity contribution in [3.63, 3.8) is 0 Å². The Bertz CT molecular complexity index is 694. The first-order valence-corrected chi connectivity index (χ1v) is 8.95. The Morgan fingerprint density at radius 3 is 2.14 bits per heavy atom. The molecule has 0 heterocycles. The van der Waals surface area contributed by atoms with Crippen LogP contribution in [0.1, 0.15) is 25.3 Å². The van der Waals surface area contributed by atoms with Gasteiger partial charge in [0.25, 0.3) is 10.0 Å². The van der Waals surface area contributed by atoms with E-state index in [9.17, 15) is 8.42 Å². The van der Waals surface area contributed by atoms with Crippen LogP contribution in [0, 0.1) is 0 Å². The lowest BCUT2D eigenvalue weighted by Crippen LogP contribution is -2.30. The molecule has 3 nitrogen and oxygen atoms in total. The standard InChI is InChI=1S/C18H21NO2S/c1-2-3-15-19(18-12-8-5-9-13-18)22(20,21)16-14-17-10-6-4-7-11-17/h4-14,16H,2-3,15H2,1H3/b16-14+. The molecule has 22 heavy (non-hydrogen) atoms. The van der Waals surface area contributed by atoms with Gasteiger partial charge in [-0.2, -0.15) is 0 Å². The first kappa shape index (κ1) is 16.3. The van der Waals surface area contributed by atoms with Crippen molar-refractivity contribution in [1.82, 2.24) is 0 Å². The van der Waals surface area contributed by atoms with Crippen molar-refractivity contribution in [2.75, 3.05) is 10.8 Å². The number of para-hydroxylation sites is 1. The van der Waals surface area contributed by atoms with Crippen LogP contribution < -0.4 is 4.31 Å². The fourth-order valence-electron chi connectivity index (χ4n) is 2.10. The van der Waals surface area contributed by atoms with E-state index < -0.39 is 10.0 Å². The van der Waals surface area contributed by atoms with Crippen LogP contribution in [0.4, 0.5) is 5.69 Å². The summed E-state index contributed by atoms with van der Waals surface area (Å²) in [5.41, 5.74) is 1.57. The van der Waals surface area contributed by atoms with Gasteiger partial charge in [0.15, 0.2) is 0 Å².